The van der Waals surface area contributed by atoms with E-state index in [1.54, 1.807) is 6.20 Å². The molecule has 70 heavy (non-hydrogen) atoms. The fraction of sp³-hybridized carbons (Fsp3) is 0.313. The fourth-order valence-corrected chi connectivity index (χ4v) is 7.98. The Balaban J connectivity index is 0.000000218. The Hall–Kier alpha value is -6.16. The molecule has 0 saturated heterocycles. The van der Waals surface area contributed by atoms with Gasteiger partial charge in [-0.2, -0.15) is 0 Å². The summed E-state index contributed by atoms with van der Waals surface area (Å²) in [6.07, 6.45) is 5.53. The number of fused-ring (bicyclic) bond motifs is 2. The van der Waals surface area contributed by atoms with Crippen LogP contribution in [0.15, 0.2) is 212 Å². The van der Waals surface area contributed by atoms with Gasteiger partial charge in [0.2, 0.25) is 0 Å². The largest absolute Gasteiger partial charge is 0.264 e. The highest BCUT2D eigenvalue weighted by Crippen LogP contribution is 2.26. The third-order valence-electron chi connectivity index (χ3n) is 11.6. The van der Waals surface area contributed by atoms with Gasteiger partial charge in [0.05, 0.1) is 0 Å². The molecule has 0 N–H and O–H groups in total. The van der Waals surface area contributed by atoms with Gasteiger partial charge in [-0.05, 0) is 120 Å². The predicted octanol–water partition coefficient (Wildman–Crippen LogP) is 20.8. The van der Waals surface area contributed by atoms with Gasteiger partial charge in [0.15, 0.2) is 0 Å². The van der Waals surface area contributed by atoms with Gasteiger partial charge in [-0.3, -0.25) is 9.97 Å². The number of thiophene rings is 1. The van der Waals surface area contributed by atoms with Crippen molar-refractivity contribution < 1.29 is 0 Å². The van der Waals surface area contributed by atoms with Gasteiger partial charge in [0.1, 0.15) is 0 Å². The van der Waals surface area contributed by atoms with Gasteiger partial charge in [0, 0.05) is 29.2 Å². The van der Waals surface area contributed by atoms with Crippen molar-refractivity contribution in [2.45, 2.75) is 138 Å². The van der Waals surface area contributed by atoms with Crippen LogP contribution in [0.2, 0.25) is 0 Å². The number of hydrogen-bond acceptors (Lipinski definition) is 3. The lowest BCUT2D eigenvalue weighted by Crippen LogP contribution is -1.88. The summed E-state index contributed by atoms with van der Waals surface area (Å²) >= 11 is 1.83. The van der Waals surface area contributed by atoms with Gasteiger partial charge in [-0.15, -0.1) is 11.3 Å². The first-order valence-corrected chi connectivity index (χ1v) is 26.4. The molecule has 0 bridgehead atoms. The number of hydrogen-bond donors (Lipinski definition) is 0. The minimum absolute atomic E-state index is 0.547. The molecule has 368 valence electrons. The summed E-state index contributed by atoms with van der Waals surface area (Å²) in [6, 6.07) is 65.5. The maximum atomic E-state index is 4.18. The van der Waals surface area contributed by atoms with E-state index in [1.807, 2.05) is 60.1 Å². The molecule has 3 aromatic heterocycles. The van der Waals surface area contributed by atoms with E-state index in [9.17, 15) is 0 Å². The molecule has 0 aliphatic heterocycles. The SMILES string of the molecule is CC(C)c1cccc2ccccc12.CC(C)c1cccc2ccccc12.CC(C)c1ccccc1.CC(C)c1ccccc1.CC(C)c1ccccn1.CC(C)c1cccnc1.CC(C)c1cccs1. The lowest BCUT2D eigenvalue weighted by molar-refractivity contribution is 0.823. The highest BCUT2D eigenvalue weighted by atomic mass is 32.1. The Morgan fingerprint density at radius 2 is 0.743 bits per heavy atom. The van der Waals surface area contributed by atoms with Crippen LogP contribution in [0.4, 0.5) is 0 Å². The van der Waals surface area contributed by atoms with Crippen molar-refractivity contribution >= 4 is 32.9 Å². The quantitative estimate of drug-likeness (QED) is 0.159. The van der Waals surface area contributed by atoms with E-state index in [-0.39, 0.29) is 0 Å². The Morgan fingerprint density at radius 3 is 1.04 bits per heavy atom. The van der Waals surface area contributed by atoms with Crippen LogP contribution < -0.4 is 0 Å². The van der Waals surface area contributed by atoms with Gasteiger partial charge < -0.3 is 0 Å². The van der Waals surface area contributed by atoms with E-state index in [4.69, 9.17) is 0 Å². The van der Waals surface area contributed by atoms with E-state index >= 15 is 0 Å². The van der Waals surface area contributed by atoms with E-state index in [0.717, 1.165) is 5.69 Å². The molecule has 0 aliphatic rings. The van der Waals surface area contributed by atoms with Crippen molar-refractivity contribution in [3.8, 4) is 0 Å². The van der Waals surface area contributed by atoms with E-state index < -0.39 is 0 Å². The van der Waals surface area contributed by atoms with Crippen molar-refractivity contribution in [3.05, 3.63) is 250 Å². The summed E-state index contributed by atoms with van der Waals surface area (Å²) in [7, 11) is 0. The van der Waals surface area contributed by atoms with Gasteiger partial charge in [-0.25, -0.2) is 0 Å². The standard InChI is InChI=1S/2C13H14.2C9H12.2C8H11N.C7H10S/c2*1-10(2)12-9-5-7-11-6-3-4-8-13(11)12;2*1-8(2)9-6-4-3-5-7-9;1-7(2)8-4-3-5-9-6-8;1-7(2)8-5-3-4-6-9-8;1-6(2)7-4-3-5-8-7/h2*3-10H,1-2H3;2*3-8H,1-2H3;2*3-7H,1-2H3;3-6H,1-2H3. The molecular weight excluding hydrogens is 865 g/mol. The molecule has 0 fully saturated rings. The first kappa shape index (κ1) is 58.2. The van der Waals surface area contributed by atoms with Gasteiger partial charge in [0.25, 0.3) is 0 Å². The molecule has 0 amide bonds. The zero-order valence-corrected chi connectivity index (χ0v) is 45.9. The van der Waals surface area contributed by atoms with Crippen LogP contribution >= 0.6 is 11.3 Å². The highest BCUT2D eigenvalue weighted by Gasteiger charge is 2.04. The van der Waals surface area contributed by atoms with Crippen LogP contribution in [0, 0.1) is 0 Å². The summed E-state index contributed by atoms with van der Waals surface area (Å²) in [5.74, 6) is 4.37. The molecule has 0 aliphatic carbocycles. The molecule has 0 radical (unpaired) electrons. The van der Waals surface area contributed by atoms with Crippen LogP contribution in [0.25, 0.3) is 21.5 Å². The minimum atomic E-state index is 0.547. The molecule has 6 aromatic carbocycles. The number of benzene rings is 6. The van der Waals surface area contributed by atoms with E-state index in [0.29, 0.717) is 41.4 Å². The fourth-order valence-electron chi connectivity index (χ4n) is 7.24. The summed E-state index contributed by atoms with van der Waals surface area (Å²) in [6.45, 7) is 30.8. The summed E-state index contributed by atoms with van der Waals surface area (Å²) in [5.41, 5.74) is 8.18. The molecule has 3 heteroatoms. The second-order valence-electron chi connectivity index (χ2n) is 19.6. The summed E-state index contributed by atoms with van der Waals surface area (Å²) in [5, 5.41) is 7.58. The Bertz CT molecular complexity index is 2400. The van der Waals surface area contributed by atoms with Crippen LogP contribution in [0.3, 0.4) is 0 Å². The Labute approximate surface area is 429 Å². The van der Waals surface area contributed by atoms with Gasteiger partial charge in [-0.1, -0.05) is 261 Å². The smallest absolute Gasteiger partial charge is 0.0428 e. The average molecular weight is 949 g/mol. The third-order valence-corrected chi connectivity index (χ3v) is 12.7. The molecule has 2 nitrogen and oxygen atoms in total. The van der Waals surface area contributed by atoms with Crippen LogP contribution in [-0.4, -0.2) is 9.97 Å². The van der Waals surface area contributed by atoms with Crippen molar-refractivity contribution in [1.29, 1.82) is 0 Å². The van der Waals surface area contributed by atoms with E-state index in [2.05, 4.69) is 264 Å². The molecule has 9 rings (SSSR count). The molecule has 0 atom stereocenters. The first-order chi connectivity index (χ1) is 33.6. The molecular formula is C67H84N2S. The number of nitrogens with zero attached hydrogens (tertiary/aromatic N) is 2. The number of pyridine rings is 2. The second kappa shape index (κ2) is 32.6. The lowest BCUT2D eigenvalue weighted by Gasteiger charge is -2.08. The minimum Gasteiger partial charge on any atom is -0.264 e. The number of aromatic nitrogens is 2. The summed E-state index contributed by atoms with van der Waals surface area (Å²) in [4.78, 5) is 9.66. The normalized spacial score (nSPS) is 10.5. The van der Waals surface area contributed by atoms with Crippen molar-refractivity contribution in [2.75, 3.05) is 0 Å². The summed E-state index contributed by atoms with van der Waals surface area (Å²) < 4.78 is 0. The maximum absolute atomic E-state index is 4.18. The van der Waals surface area contributed by atoms with Crippen molar-refractivity contribution in [1.82, 2.24) is 9.97 Å². The molecule has 0 saturated carbocycles. The molecule has 9 aromatic rings. The van der Waals surface area contributed by atoms with Crippen LogP contribution in [0.1, 0.15) is 177 Å². The Morgan fingerprint density at radius 1 is 0.314 bits per heavy atom. The number of rotatable bonds is 7. The monoisotopic (exact) mass is 949 g/mol. The topological polar surface area (TPSA) is 25.8 Å². The first-order valence-electron chi connectivity index (χ1n) is 25.5. The van der Waals surface area contributed by atoms with E-state index in [1.165, 1.54) is 54.2 Å². The molecule has 3 heterocycles. The van der Waals surface area contributed by atoms with Gasteiger partial charge >= 0.3 is 0 Å². The predicted molar refractivity (Wildman–Crippen MR) is 312 cm³/mol. The van der Waals surface area contributed by atoms with Crippen LogP contribution in [-0.2, 0) is 0 Å². The average Bonchev–Trinajstić information content (AvgIpc) is 3.95. The third kappa shape index (κ3) is 21.6. The molecule has 0 spiro atoms. The Kier molecular flexibility index (Phi) is 27.1. The molecule has 0 unspecified atom stereocenters. The second-order valence-corrected chi connectivity index (χ2v) is 20.6. The maximum Gasteiger partial charge on any atom is 0.0428 e. The van der Waals surface area contributed by atoms with Crippen LogP contribution in [0.5, 0.6) is 0 Å². The lowest BCUT2D eigenvalue weighted by atomic mass is 9.96. The highest BCUT2D eigenvalue weighted by molar-refractivity contribution is 7.10. The van der Waals surface area contributed by atoms with Crippen molar-refractivity contribution in [2.24, 2.45) is 0 Å². The van der Waals surface area contributed by atoms with Crippen molar-refractivity contribution in [3.63, 3.8) is 0 Å². The zero-order valence-electron chi connectivity index (χ0n) is 45.1. The zero-order chi connectivity index (χ0) is 51.3.